The van der Waals surface area contributed by atoms with Gasteiger partial charge in [0.1, 0.15) is 12.1 Å². The van der Waals surface area contributed by atoms with Gasteiger partial charge >= 0.3 is 0 Å². The van der Waals surface area contributed by atoms with E-state index in [0.29, 0.717) is 24.9 Å². The quantitative estimate of drug-likeness (QED) is 0.745. The summed E-state index contributed by atoms with van der Waals surface area (Å²) in [6.07, 6.45) is 10.4. The predicted octanol–water partition coefficient (Wildman–Crippen LogP) is 2.19. The van der Waals surface area contributed by atoms with Gasteiger partial charge in [-0.15, -0.1) is 0 Å². The molecule has 6 heteroatoms. The van der Waals surface area contributed by atoms with Crippen LogP contribution in [0.25, 0.3) is 0 Å². The number of nitrogens with one attached hydrogen (secondary N) is 3. The van der Waals surface area contributed by atoms with Crippen LogP contribution in [0.5, 0.6) is 0 Å². The molecule has 1 aromatic rings. The van der Waals surface area contributed by atoms with Crippen molar-refractivity contribution in [1.82, 2.24) is 20.6 Å². The summed E-state index contributed by atoms with van der Waals surface area (Å²) >= 11 is 0. The fraction of sp³-hybridized carbons (Fsp3) is 0.722. The second-order valence-electron chi connectivity index (χ2n) is 6.93. The van der Waals surface area contributed by atoms with Crippen molar-refractivity contribution in [2.24, 2.45) is 0 Å². The van der Waals surface area contributed by atoms with Crippen LogP contribution < -0.4 is 16.0 Å². The van der Waals surface area contributed by atoms with Crippen LogP contribution in [0, 0.1) is 0 Å². The zero-order valence-electron chi connectivity index (χ0n) is 14.4. The first kappa shape index (κ1) is 17.1. The number of hydrogen-bond acceptors (Lipinski definition) is 5. The molecule has 0 bridgehead atoms. The molecule has 0 aromatic carbocycles. The van der Waals surface area contributed by atoms with Crippen molar-refractivity contribution in [3.63, 3.8) is 0 Å². The van der Waals surface area contributed by atoms with Gasteiger partial charge < -0.3 is 16.0 Å². The van der Waals surface area contributed by atoms with E-state index in [0.717, 1.165) is 50.3 Å². The van der Waals surface area contributed by atoms with Gasteiger partial charge in [-0.2, -0.15) is 0 Å². The monoisotopic (exact) mass is 331 g/mol. The molecule has 0 atom stereocenters. The Balaban J connectivity index is 1.41. The lowest BCUT2D eigenvalue weighted by Gasteiger charge is -2.23. The third-order valence-electron chi connectivity index (χ3n) is 5.07. The highest BCUT2D eigenvalue weighted by molar-refractivity contribution is 5.76. The Morgan fingerprint density at radius 1 is 1.12 bits per heavy atom. The molecule has 3 N–H and O–H groups in total. The van der Waals surface area contributed by atoms with Gasteiger partial charge in [0, 0.05) is 36.7 Å². The fourth-order valence-corrected chi connectivity index (χ4v) is 3.66. The second-order valence-corrected chi connectivity index (χ2v) is 6.93. The zero-order valence-corrected chi connectivity index (χ0v) is 14.4. The normalized spacial score (nSPS) is 19.8. The summed E-state index contributed by atoms with van der Waals surface area (Å²) in [6.45, 7) is 2.72. The average Bonchev–Trinajstić information content (AvgIpc) is 2.63. The highest BCUT2D eigenvalue weighted by Crippen LogP contribution is 2.24. The zero-order chi connectivity index (χ0) is 16.6. The first-order valence-electron chi connectivity index (χ1n) is 9.37. The molecule has 0 radical (unpaired) electrons. The Labute approximate surface area is 144 Å². The van der Waals surface area contributed by atoms with E-state index in [-0.39, 0.29) is 5.91 Å². The topological polar surface area (TPSA) is 78.9 Å². The third kappa shape index (κ3) is 5.16. The molecule has 1 aliphatic heterocycles. The van der Waals surface area contributed by atoms with Crippen LogP contribution >= 0.6 is 0 Å². The largest absolute Gasteiger partial charge is 0.369 e. The van der Waals surface area contributed by atoms with Crippen molar-refractivity contribution in [2.75, 3.05) is 25.0 Å². The van der Waals surface area contributed by atoms with Crippen LogP contribution in [-0.4, -0.2) is 41.6 Å². The van der Waals surface area contributed by atoms with Crippen LogP contribution in [-0.2, 0) is 4.79 Å². The summed E-state index contributed by atoms with van der Waals surface area (Å²) in [4.78, 5) is 20.7. The van der Waals surface area contributed by atoms with Crippen molar-refractivity contribution in [2.45, 2.75) is 63.3 Å². The molecule has 0 spiro atoms. The molecule has 2 heterocycles. The first-order valence-corrected chi connectivity index (χ1v) is 9.37. The van der Waals surface area contributed by atoms with Gasteiger partial charge in [-0.3, -0.25) is 4.79 Å². The molecule has 1 amide bonds. The highest BCUT2D eigenvalue weighted by atomic mass is 16.1. The van der Waals surface area contributed by atoms with Gasteiger partial charge in [0.05, 0.1) is 0 Å². The van der Waals surface area contributed by atoms with E-state index >= 15 is 0 Å². The maximum Gasteiger partial charge on any atom is 0.221 e. The molecule has 1 saturated carbocycles. The molecule has 2 fully saturated rings. The van der Waals surface area contributed by atoms with E-state index in [1.807, 2.05) is 6.07 Å². The van der Waals surface area contributed by atoms with Gasteiger partial charge in [-0.1, -0.05) is 19.3 Å². The van der Waals surface area contributed by atoms with E-state index in [4.69, 9.17) is 0 Å². The number of aromatic nitrogens is 2. The maximum absolute atomic E-state index is 12.0. The third-order valence-corrected chi connectivity index (χ3v) is 5.07. The lowest BCUT2D eigenvalue weighted by molar-refractivity contribution is -0.121. The molecular formula is C18H29N5O. The Kier molecular flexibility index (Phi) is 6.41. The van der Waals surface area contributed by atoms with Crippen molar-refractivity contribution in [1.29, 1.82) is 0 Å². The summed E-state index contributed by atoms with van der Waals surface area (Å²) in [5.41, 5.74) is 1.11. The van der Waals surface area contributed by atoms with E-state index in [2.05, 4.69) is 25.9 Å². The summed E-state index contributed by atoms with van der Waals surface area (Å²) < 4.78 is 0. The van der Waals surface area contributed by atoms with Crippen molar-refractivity contribution >= 4 is 11.7 Å². The lowest BCUT2D eigenvalue weighted by Crippen LogP contribution is -2.36. The summed E-state index contributed by atoms with van der Waals surface area (Å²) in [7, 11) is 0. The van der Waals surface area contributed by atoms with E-state index in [1.54, 1.807) is 6.33 Å². The van der Waals surface area contributed by atoms with Crippen LogP contribution in [0.15, 0.2) is 12.4 Å². The number of piperidine rings is 1. The standard InChI is InChI=1S/C18H29N5O/c24-18(23-15-4-2-1-3-5-15)8-11-20-17-12-16(21-13-22-17)14-6-9-19-10-7-14/h12-15,19H,1-11H2,(H,23,24)(H,20,21,22). The summed E-state index contributed by atoms with van der Waals surface area (Å²) in [5, 5.41) is 9.79. The molecule has 1 aliphatic carbocycles. The van der Waals surface area contributed by atoms with Gasteiger partial charge in [0.15, 0.2) is 0 Å². The summed E-state index contributed by atoms with van der Waals surface area (Å²) in [5.74, 6) is 1.48. The van der Waals surface area contributed by atoms with Crippen LogP contribution in [0.3, 0.4) is 0 Å². The molecule has 1 aromatic heterocycles. The van der Waals surface area contributed by atoms with Gasteiger partial charge in [0.25, 0.3) is 0 Å². The number of amides is 1. The SMILES string of the molecule is O=C(CCNc1cc(C2CCNCC2)ncn1)NC1CCCCC1. The maximum atomic E-state index is 12.0. The number of hydrogen-bond donors (Lipinski definition) is 3. The summed E-state index contributed by atoms with van der Waals surface area (Å²) in [6, 6.07) is 2.42. The van der Waals surface area contributed by atoms with E-state index < -0.39 is 0 Å². The Hall–Kier alpha value is -1.69. The Morgan fingerprint density at radius 2 is 1.92 bits per heavy atom. The van der Waals surface area contributed by atoms with Crippen molar-refractivity contribution in [3.8, 4) is 0 Å². The molecule has 6 nitrogen and oxygen atoms in total. The average molecular weight is 331 g/mol. The second kappa shape index (κ2) is 8.97. The number of anilines is 1. The Morgan fingerprint density at radius 3 is 2.71 bits per heavy atom. The minimum atomic E-state index is 0.141. The molecule has 132 valence electrons. The number of rotatable bonds is 6. The first-order chi connectivity index (χ1) is 11.8. The number of carbonyl (C=O) groups is 1. The smallest absolute Gasteiger partial charge is 0.221 e. The predicted molar refractivity (Wildman–Crippen MR) is 95.0 cm³/mol. The Bertz CT molecular complexity index is 524. The molecule has 0 unspecified atom stereocenters. The van der Waals surface area contributed by atoms with E-state index in [1.165, 1.54) is 19.3 Å². The van der Waals surface area contributed by atoms with Crippen LogP contribution in [0.4, 0.5) is 5.82 Å². The lowest BCUT2D eigenvalue weighted by atomic mass is 9.94. The van der Waals surface area contributed by atoms with Crippen molar-refractivity contribution < 1.29 is 4.79 Å². The molecule has 24 heavy (non-hydrogen) atoms. The van der Waals surface area contributed by atoms with Crippen LogP contribution in [0.1, 0.15) is 63.0 Å². The van der Waals surface area contributed by atoms with Gasteiger partial charge in [-0.05, 0) is 38.8 Å². The molecular weight excluding hydrogens is 302 g/mol. The number of nitrogens with zero attached hydrogens (tertiary/aromatic N) is 2. The van der Waals surface area contributed by atoms with Gasteiger partial charge in [0.2, 0.25) is 5.91 Å². The molecule has 1 saturated heterocycles. The highest BCUT2D eigenvalue weighted by Gasteiger charge is 2.17. The molecule has 2 aliphatic rings. The van der Waals surface area contributed by atoms with Crippen LogP contribution in [0.2, 0.25) is 0 Å². The van der Waals surface area contributed by atoms with E-state index in [9.17, 15) is 4.79 Å². The minimum absolute atomic E-state index is 0.141. The minimum Gasteiger partial charge on any atom is -0.369 e. The van der Waals surface area contributed by atoms with Gasteiger partial charge in [-0.25, -0.2) is 9.97 Å². The van der Waals surface area contributed by atoms with Crippen molar-refractivity contribution in [3.05, 3.63) is 18.1 Å². The molecule has 3 rings (SSSR count). The fourth-order valence-electron chi connectivity index (χ4n) is 3.66. The number of carbonyl (C=O) groups excluding carboxylic acids is 1.